The van der Waals surface area contributed by atoms with Crippen molar-refractivity contribution in [1.82, 2.24) is 9.55 Å². The van der Waals surface area contributed by atoms with Crippen LogP contribution in [0.5, 0.6) is 0 Å². The van der Waals surface area contributed by atoms with Crippen molar-refractivity contribution in [3.63, 3.8) is 0 Å². The number of aryl methyl sites for hydroxylation is 1. The summed E-state index contributed by atoms with van der Waals surface area (Å²) in [6.45, 7) is 0.148. The molecule has 0 aliphatic rings. The predicted molar refractivity (Wildman–Crippen MR) is 59.7 cm³/mol. The number of fused-ring (bicyclic) bond motifs is 1. The molecular weight excluding hydrogens is 214 g/mol. The second-order valence-electron chi connectivity index (χ2n) is 3.39. The summed E-state index contributed by atoms with van der Waals surface area (Å²) in [5.74, 6) is 0.542. The lowest BCUT2D eigenvalue weighted by atomic mass is 10.3. The van der Waals surface area contributed by atoms with E-state index in [2.05, 4.69) is 4.98 Å². The second kappa shape index (κ2) is 3.81. The van der Waals surface area contributed by atoms with Crippen molar-refractivity contribution in [3.8, 4) is 0 Å². The van der Waals surface area contributed by atoms with Gasteiger partial charge in [-0.3, -0.25) is 0 Å². The van der Waals surface area contributed by atoms with Gasteiger partial charge in [0.15, 0.2) is 0 Å². The first-order chi connectivity index (χ1) is 7.15. The number of aliphatic hydroxyl groups is 1. The van der Waals surface area contributed by atoms with Gasteiger partial charge < -0.3 is 15.4 Å². The predicted octanol–water partition coefficient (Wildman–Crippen LogP) is 1.22. The number of aliphatic hydroxyl groups excluding tert-OH is 1. The number of rotatable bonds is 2. The first-order valence-corrected chi connectivity index (χ1v) is 5.02. The fraction of sp³-hybridized carbons (Fsp3) is 0.300. The van der Waals surface area contributed by atoms with Crippen molar-refractivity contribution in [2.24, 2.45) is 12.8 Å². The molecule has 2 rings (SSSR count). The van der Waals surface area contributed by atoms with Crippen molar-refractivity contribution < 1.29 is 5.11 Å². The molecule has 1 heterocycles. The van der Waals surface area contributed by atoms with Gasteiger partial charge in [-0.25, -0.2) is 4.98 Å². The lowest BCUT2D eigenvalue weighted by molar-refractivity contribution is 0.174. The van der Waals surface area contributed by atoms with E-state index in [9.17, 15) is 5.11 Å². The molecule has 3 N–H and O–H groups in total. The molecule has 0 amide bonds. The van der Waals surface area contributed by atoms with E-state index in [0.29, 0.717) is 10.8 Å². The standard InChI is InChI=1S/C10H12ClN3O/c1-14-9-6(11)3-2-4-7(9)13-10(14)8(15)5-12/h2-4,8,15H,5,12H2,1H3. The van der Waals surface area contributed by atoms with Gasteiger partial charge in [-0.2, -0.15) is 0 Å². The Kier molecular flexibility index (Phi) is 2.65. The van der Waals surface area contributed by atoms with Crippen LogP contribution in [-0.4, -0.2) is 21.2 Å². The highest BCUT2D eigenvalue weighted by Gasteiger charge is 2.15. The molecule has 1 atom stereocenters. The van der Waals surface area contributed by atoms with Crippen LogP contribution in [0.25, 0.3) is 11.0 Å². The maximum Gasteiger partial charge on any atom is 0.139 e. The van der Waals surface area contributed by atoms with Crippen molar-refractivity contribution in [2.45, 2.75) is 6.10 Å². The minimum Gasteiger partial charge on any atom is -0.384 e. The van der Waals surface area contributed by atoms with E-state index in [1.807, 2.05) is 19.2 Å². The number of halogens is 1. The Labute approximate surface area is 92.3 Å². The van der Waals surface area contributed by atoms with E-state index < -0.39 is 6.10 Å². The molecule has 0 saturated carbocycles. The van der Waals surface area contributed by atoms with Crippen LogP contribution in [0.3, 0.4) is 0 Å². The monoisotopic (exact) mass is 225 g/mol. The Morgan fingerprint density at radius 2 is 2.33 bits per heavy atom. The summed E-state index contributed by atoms with van der Waals surface area (Å²) in [5.41, 5.74) is 6.99. The van der Waals surface area contributed by atoms with Crippen LogP contribution in [0.4, 0.5) is 0 Å². The molecule has 0 radical (unpaired) electrons. The first-order valence-electron chi connectivity index (χ1n) is 4.64. The molecule has 0 aliphatic heterocycles. The van der Waals surface area contributed by atoms with Gasteiger partial charge in [-0.1, -0.05) is 17.7 Å². The zero-order valence-electron chi connectivity index (χ0n) is 8.31. The largest absolute Gasteiger partial charge is 0.384 e. The summed E-state index contributed by atoms with van der Waals surface area (Å²) in [6, 6.07) is 5.48. The Morgan fingerprint density at radius 1 is 1.60 bits per heavy atom. The maximum absolute atomic E-state index is 9.65. The third kappa shape index (κ3) is 1.61. The molecule has 1 aromatic carbocycles. The Balaban J connectivity index is 2.70. The summed E-state index contributed by atoms with van der Waals surface area (Å²) in [6.07, 6.45) is -0.751. The zero-order valence-corrected chi connectivity index (χ0v) is 9.07. The maximum atomic E-state index is 9.65. The third-order valence-electron chi connectivity index (χ3n) is 2.40. The summed E-state index contributed by atoms with van der Waals surface area (Å²) in [7, 11) is 1.81. The highest BCUT2D eigenvalue weighted by molar-refractivity contribution is 6.35. The molecule has 80 valence electrons. The van der Waals surface area contributed by atoms with E-state index >= 15 is 0 Å². The molecule has 0 fully saturated rings. The van der Waals surface area contributed by atoms with Crippen molar-refractivity contribution in [1.29, 1.82) is 0 Å². The molecule has 0 aliphatic carbocycles. The molecule has 1 unspecified atom stereocenters. The minimum absolute atomic E-state index is 0.148. The summed E-state index contributed by atoms with van der Waals surface area (Å²) >= 11 is 6.05. The number of hydrogen-bond acceptors (Lipinski definition) is 3. The van der Waals surface area contributed by atoms with Crippen LogP contribution in [0.1, 0.15) is 11.9 Å². The van der Waals surface area contributed by atoms with Crippen LogP contribution in [-0.2, 0) is 7.05 Å². The summed E-state index contributed by atoms with van der Waals surface area (Å²) in [4.78, 5) is 4.29. The molecular formula is C10H12ClN3O. The molecule has 1 aromatic heterocycles. The molecule has 4 nitrogen and oxygen atoms in total. The zero-order chi connectivity index (χ0) is 11.0. The van der Waals surface area contributed by atoms with E-state index in [4.69, 9.17) is 17.3 Å². The van der Waals surface area contributed by atoms with Gasteiger partial charge in [0.2, 0.25) is 0 Å². The lowest BCUT2D eigenvalue weighted by Gasteiger charge is -2.07. The summed E-state index contributed by atoms with van der Waals surface area (Å²) < 4.78 is 1.77. The fourth-order valence-corrected chi connectivity index (χ4v) is 1.94. The van der Waals surface area contributed by atoms with E-state index in [0.717, 1.165) is 11.0 Å². The van der Waals surface area contributed by atoms with Gasteiger partial charge in [0.25, 0.3) is 0 Å². The molecule has 2 aromatic rings. The number of imidazole rings is 1. The number of nitrogens with zero attached hydrogens (tertiary/aromatic N) is 2. The van der Waals surface area contributed by atoms with Gasteiger partial charge in [-0.15, -0.1) is 0 Å². The Morgan fingerprint density at radius 3 is 2.93 bits per heavy atom. The van der Waals surface area contributed by atoms with Crippen LogP contribution >= 0.6 is 11.6 Å². The fourth-order valence-electron chi connectivity index (χ4n) is 1.64. The minimum atomic E-state index is -0.751. The molecule has 0 spiro atoms. The number of nitrogens with two attached hydrogens (primary N) is 1. The molecule has 5 heteroatoms. The third-order valence-corrected chi connectivity index (χ3v) is 2.71. The lowest BCUT2D eigenvalue weighted by Crippen LogP contribution is -2.15. The summed E-state index contributed by atoms with van der Waals surface area (Å²) in [5, 5.41) is 10.3. The van der Waals surface area contributed by atoms with Crippen molar-refractivity contribution in [3.05, 3.63) is 29.0 Å². The molecule has 15 heavy (non-hydrogen) atoms. The van der Waals surface area contributed by atoms with Gasteiger partial charge in [0.05, 0.1) is 16.1 Å². The Hall–Kier alpha value is -1.10. The van der Waals surface area contributed by atoms with Gasteiger partial charge >= 0.3 is 0 Å². The van der Waals surface area contributed by atoms with Crippen LogP contribution in [0.2, 0.25) is 5.02 Å². The van der Waals surface area contributed by atoms with Gasteiger partial charge in [0.1, 0.15) is 11.9 Å². The van der Waals surface area contributed by atoms with Crippen LogP contribution in [0, 0.1) is 0 Å². The SMILES string of the molecule is Cn1c(C(O)CN)nc2cccc(Cl)c21. The highest BCUT2D eigenvalue weighted by Crippen LogP contribution is 2.25. The van der Waals surface area contributed by atoms with Crippen LogP contribution < -0.4 is 5.73 Å². The van der Waals surface area contributed by atoms with E-state index in [1.165, 1.54) is 0 Å². The average Bonchev–Trinajstić information content (AvgIpc) is 2.56. The van der Waals surface area contributed by atoms with Gasteiger partial charge in [0, 0.05) is 13.6 Å². The second-order valence-corrected chi connectivity index (χ2v) is 3.80. The van der Waals surface area contributed by atoms with E-state index in [-0.39, 0.29) is 6.54 Å². The quantitative estimate of drug-likeness (QED) is 0.808. The number of hydrogen-bond donors (Lipinski definition) is 2. The van der Waals surface area contributed by atoms with E-state index in [1.54, 1.807) is 10.6 Å². The molecule has 0 saturated heterocycles. The van der Waals surface area contributed by atoms with Crippen molar-refractivity contribution >= 4 is 22.6 Å². The number of para-hydroxylation sites is 1. The smallest absolute Gasteiger partial charge is 0.139 e. The average molecular weight is 226 g/mol. The van der Waals surface area contributed by atoms with Crippen LogP contribution in [0.15, 0.2) is 18.2 Å². The molecule has 0 bridgehead atoms. The Bertz CT molecular complexity index is 495. The topological polar surface area (TPSA) is 64.1 Å². The normalized spacial score (nSPS) is 13.3. The van der Waals surface area contributed by atoms with Crippen molar-refractivity contribution in [2.75, 3.05) is 6.54 Å². The first kappa shape index (κ1) is 10.4. The number of aromatic nitrogens is 2. The van der Waals surface area contributed by atoms with Gasteiger partial charge in [-0.05, 0) is 12.1 Å². The number of benzene rings is 1. The highest BCUT2D eigenvalue weighted by atomic mass is 35.5.